The number of nitrogens with one attached hydrogen (secondary N) is 1. The summed E-state index contributed by atoms with van der Waals surface area (Å²) in [6.45, 7) is 2.33. The van der Waals surface area contributed by atoms with E-state index in [1.807, 2.05) is 24.4 Å². The number of carbonyl (C=O) groups is 1. The Bertz CT molecular complexity index is 863. The van der Waals surface area contributed by atoms with Gasteiger partial charge in [0.05, 0.1) is 17.4 Å². The lowest BCUT2D eigenvalue weighted by Crippen LogP contribution is -2.30. The largest absolute Gasteiger partial charge is 0.350 e. The molecule has 0 aliphatic carbocycles. The SMILES string of the molecule is C[C@@H](Sc1nnc(-c2ccccc2F)n1C)C(=O)NCc1cccs1. The van der Waals surface area contributed by atoms with Crippen molar-refractivity contribution in [2.24, 2.45) is 7.05 Å². The van der Waals surface area contributed by atoms with Gasteiger partial charge in [-0.05, 0) is 30.5 Å². The molecule has 0 fully saturated rings. The molecule has 0 aliphatic rings. The van der Waals surface area contributed by atoms with Crippen LogP contribution in [0.3, 0.4) is 0 Å². The van der Waals surface area contributed by atoms with Crippen LogP contribution in [0, 0.1) is 5.82 Å². The number of rotatable bonds is 6. The first-order valence-corrected chi connectivity index (χ1v) is 9.43. The van der Waals surface area contributed by atoms with E-state index in [0.29, 0.717) is 23.1 Å². The fourth-order valence-electron chi connectivity index (χ4n) is 2.24. The van der Waals surface area contributed by atoms with Crippen LogP contribution in [0.5, 0.6) is 0 Å². The van der Waals surface area contributed by atoms with Crippen molar-refractivity contribution < 1.29 is 9.18 Å². The van der Waals surface area contributed by atoms with Gasteiger partial charge in [-0.15, -0.1) is 21.5 Å². The fourth-order valence-corrected chi connectivity index (χ4v) is 3.72. The Labute approximate surface area is 153 Å². The van der Waals surface area contributed by atoms with Crippen molar-refractivity contribution in [1.29, 1.82) is 0 Å². The van der Waals surface area contributed by atoms with Crippen molar-refractivity contribution >= 4 is 29.0 Å². The molecule has 0 saturated carbocycles. The van der Waals surface area contributed by atoms with Gasteiger partial charge < -0.3 is 9.88 Å². The first kappa shape index (κ1) is 17.6. The summed E-state index contributed by atoms with van der Waals surface area (Å²) in [5.74, 6) is 0.0110. The van der Waals surface area contributed by atoms with Gasteiger partial charge in [-0.25, -0.2) is 4.39 Å². The summed E-state index contributed by atoms with van der Waals surface area (Å²) in [7, 11) is 1.76. The minimum atomic E-state index is -0.351. The monoisotopic (exact) mass is 376 g/mol. The van der Waals surface area contributed by atoms with Crippen LogP contribution in [0.1, 0.15) is 11.8 Å². The van der Waals surface area contributed by atoms with Crippen LogP contribution in [0.2, 0.25) is 0 Å². The molecule has 0 unspecified atom stereocenters. The molecule has 3 aromatic rings. The molecule has 1 N–H and O–H groups in total. The Morgan fingerprint density at radius 2 is 2.12 bits per heavy atom. The van der Waals surface area contributed by atoms with Crippen LogP contribution < -0.4 is 5.32 Å². The molecule has 3 rings (SSSR count). The summed E-state index contributed by atoms with van der Waals surface area (Å²) in [6.07, 6.45) is 0. The van der Waals surface area contributed by atoms with Crippen LogP contribution in [0.15, 0.2) is 46.9 Å². The Morgan fingerprint density at radius 1 is 1.32 bits per heavy atom. The summed E-state index contributed by atoms with van der Waals surface area (Å²) in [4.78, 5) is 13.3. The minimum absolute atomic E-state index is 0.0751. The second-order valence-corrected chi connectivity index (χ2v) is 7.74. The topological polar surface area (TPSA) is 59.8 Å². The summed E-state index contributed by atoms with van der Waals surface area (Å²) >= 11 is 2.90. The summed E-state index contributed by atoms with van der Waals surface area (Å²) < 4.78 is 15.6. The van der Waals surface area contributed by atoms with E-state index >= 15 is 0 Å². The normalized spacial score (nSPS) is 12.1. The van der Waals surface area contributed by atoms with Gasteiger partial charge in [0.1, 0.15) is 5.82 Å². The van der Waals surface area contributed by atoms with Crippen molar-refractivity contribution in [1.82, 2.24) is 20.1 Å². The van der Waals surface area contributed by atoms with E-state index in [4.69, 9.17) is 0 Å². The van der Waals surface area contributed by atoms with E-state index in [0.717, 1.165) is 4.88 Å². The highest BCUT2D eigenvalue weighted by Crippen LogP contribution is 2.27. The molecule has 0 radical (unpaired) electrons. The summed E-state index contributed by atoms with van der Waals surface area (Å²) in [5.41, 5.74) is 0.388. The van der Waals surface area contributed by atoms with E-state index in [2.05, 4.69) is 15.5 Å². The molecule has 25 heavy (non-hydrogen) atoms. The van der Waals surface area contributed by atoms with Gasteiger partial charge in [0, 0.05) is 11.9 Å². The van der Waals surface area contributed by atoms with Gasteiger partial charge >= 0.3 is 0 Å². The lowest BCUT2D eigenvalue weighted by atomic mass is 10.2. The van der Waals surface area contributed by atoms with Crippen LogP contribution >= 0.6 is 23.1 Å². The van der Waals surface area contributed by atoms with Crippen molar-refractivity contribution in [2.45, 2.75) is 23.9 Å². The van der Waals surface area contributed by atoms with Gasteiger partial charge in [-0.3, -0.25) is 4.79 Å². The maximum absolute atomic E-state index is 13.9. The molecule has 130 valence electrons. The zero-order chi connectivity index (χ0) is 17.8. The van der Waals surface area contributed by atoms with Crippen LogP contribution in [0.25, 0.3) is 11.4 Å². The second kappa shape index (κ2) is 7.79. The van der Waals surface area contributed by atoms with Crippen molar-refractivity contribution in [3.63, 3.8) is 0 Å². The summed E-state index contributed by atoms with van der Waals surface area (Å²) in [5, 5.41) is 13.3. The average Bonchev–Trinajstić information content (AvgIpc) is 3.24. The predicted octanol–water partition coefficient (Wildman–Crippen LogP) is 3.48. The molecule has 5 nitrogen and oxygen atoms in total. The van der Waals surface area contributed by atoms with Gasteiger partial charge in [0.2, 0.25) is 5.91 Å². The van der Waals surface area contributed by atoms with Crippen LogP contribution in [0.4, 0.5) is 4.39 Å². The molecule has 1 aromatic carbocycles. The lowest BCUT2D eigenvalue weighted by molar-refractivity contribution is -0.120. The van der Waals surface area contributed by atoms with Crippen LogP contribution in [-0.2, 0) is 18.4 Å². The zero-order valence-corrected chi connectivity index (χ0v) is 15.4. The molecular formula is C17H17FN4OS2. The number of amides is 1. The maximum Gasteiger partial charge on any atom is 0.233 e. The first-order valence-electron chi connectivity index (χ1n) is 7.67. The highest BCUT2D eigenvalue weighted by molar-refractivity contribution is 8.00. The Hall–Kier alpha value is -2.19. The smallest absolute Gasteiger partial charge is 0.233 e. The first-order chi connectivity index (χ1) is 12.1. The average molecular weight is 376 g/mol. The molecule has 1 atom stereocenters. The zero-order valence-electron chi connectivity index (χ0n) is 13.8. The minimum Gasteiger partial charge on any atom is -0.350 e. The Morgan fingerprint density at radius 3 is 2.84 bits per heavy atom. The molecule has 0 saturated heterocycles. The molecule has 0 spiro atoms. The number of thiophene rings is 1. The third-order valence-electron chi connectivity index (χ3n) is 3.62. The lowest BCUT2D eigenvalue weighted by Gasteiger charge is -2.11. The van der Waals surface area contributed by atoms with Crippen LogP contribution in [-0.4, -0.2) is 25.9 Å². The summed E-state index contributed by atoms with van der Waals surface area (Å²) in [6, 6.07) is 10.4. The molecule has 0 bridgehead atoms. The Balaban J connectivity index is 1.67. The number of hydrogen-bond acceptors (Lipinski definition) is 5. The van der Waals surface area contributed by atoms with E-state index in [-0.39, 0.29) is 17.0 Å². The van der Waals surface area contributed by atoms with Gasteiger partial charge in [0.15, 0.2) is 11.0 Å². The van der Waals surface area contributed by atoms with Gasteiger partial charge in [-0.1, -0.05) is 30.0 Å². The standard InChI is InChI=1S/C17H17FN4OS2/c1-11(16(23)19-10-12-6-5-9-24-12)25-17-21-20-15(22(17)2)13-7-3-4-8-14(13)18/h3-9,11H,10H2,1-2H3,(H,19,23)/t11-/m1/s1. The second-order valence-electron chi connectivity index (χ2n) is 5.40. The van der Waals surface area contributed by atoms with E-state index in [9.17, 15) is 9.18 Å². The van der Waals surface area contributed by atoms with E-state index in [1.165, 1.54) is 17.8 Å². The number of hydrogen-bond donors (Lipinski definition) is 1. The molecular weight excluding hydrogens is 359 g/mol. The highest BCUT2D eigenvalue weighted by Gasteiger charge is 2.20. The third kappa shape index (κ3) is 4.08. The number of nitrogens with zero attached hydrogens (tertiary/aromatic N) is 3. The molecule has 2 aromatic heterocycles. The molecule has 8 heteroatoms. The number of aromatic nitrogens is 3. The van der Waals surface area contributed by atoms with Crippen molar-refractivity contribution in [3.05, 3.63) is 52.5 Å². The van der Waals surface area contributed by atoms with Gasteiger partial charge in [-0.2, -0.15) is 0 Å². The number of thioether (sulfide) groups is 1. The van der Waals surface area contributed by atoms with Crippen molar-refractivity contribution in [3.8, 4) is 11.4 Å². The predicted molar refractivity (Wildman–Crippen MR) is 97.9 cm³/mol. The molecule has 2 heterocycles. The number of halogens is 1. The van der Waals surface area contributed by atoms with E-state index in [1.54, 1.807) is 41.2 Å². The third-order valence-corrected chi connectivity index (χ3v) is 5.63. The molecule has 1 amide bonds. The fraction of sp³-hybridized carbons (Fsp3) is 0.235. The Kier molecular flexibility index (Phi) is 5.50. The number of benzene rings is 1. The maximum atomic E-state index is 13.9. The van der Waals surface area contributed by atoms with E-state index < -0.39 is 0 Å². The number of carbonyl (C=O) groups excluding carboxylic acids is 1. The molecule has 0 aliphatic heterocycles. The quantitative estimate of drug-likeness (QED) is 0.669. The van der Waals surface area contributed by atoms with Gasteiger partial charge in [0.25, 0.3) is 0 Å². The van der Waals surface area contributed by atoms with Crippen molar-refractivity contribution in [2.75, 3.05) is 0 Å². The highest BCUT2D eigenvalue weighted by atomic mass is 32.2.